The van der Waals surface area contributed by atoms with Crippen molar-refractivity contribution in [3.8, 4) is 0 Å². The fourth-order valence-corrected chi connectivity index (χ4v) is 3.36. The van der Waals surface area contributed by atoms with Crippen LogP contribution in [0.3, 0.4) is 0 Å². The Hall–Kier alpha value is -3.39. The van der Waals surface area contributed by atoms with Crippen molar-refractivity contribution in [2.45, 2.75) is 0 Å². The SMILES string of the molecule is F[P-](F)(F)(F)(F)F.[Cu+].c1cnc2c(c1)ccc1cccnc12.c1cnc2c(c1)ccc1cccnc12. The van der Waals surface area contributed by atoms with Crippen LogP contribution in [0.25, 0.3) is 43.6 Å². The first-order valence-electron chi connectivity index (χ1n) is 10.1. The monoisotopic (exact) mass is 568 g/mol. The first-order chi connectivity index (χ1) is 16.3. The van der Waals surface area contributed by atoms with Gasteiger partial charge in [0.15, 0.2) is 0 Å². The minimum atomic E-state index is -10.7. The van der Waals surface area contributed by atoms with E-state index < -0.39 is 7.81 Å². The number of rotatable bonds is 0. The van der Waals surface area contributed by atoms with Crippen LogP contribution in [-0.2, 0) is 17.1 Å². The van der Waals surface area contributed by atoms with Crippen LogP contribution in [0.15, 0.2) is 97.6 Å². The van der Waals surface area contributed by atoms with Gasteiger partial charge in [-0.05, 0) is 24.3 Å². The summed E-state index contributed by atoms with van der Waals surface area (Å²) in [5.74, 6) is 0. The zero-order valence-corrected chi connectivity index (χ0v) is 19.9. The van der Waals surface area contributed by atoms with Crippen LogP contribution in [0, 0.1) is 0 Å². The van der Waals surface area contributed by atoms with Gasteiger partial charge in [-0.25, -0.2) is 0 Å². The van der Waals surface area contributed by atoms with Gasteiger partial charge >= 0.3 is 50.1 Å². The molecule has 2 aromatic carbocycles. The first kappa shape index (κ1) is 27.2. The first-order valence-corrected chi connectivity index (χ1v) is 12.1. The van der Waals surface area contributed by atoms with Gasteiger partial charge in [0.25, 0.3) is 0 Å². The molecule has 0 bridgehead atoms. The van der Waals surface area contributed by atoms with E-state index in [2.05, 4.69) is 68.5 Å². The zero-order valence-electron chi connectivity index (χ0n) is 18.0. The quantitative estimate of drug-likeness (QED) is 0.0794. The Morgan fingerprint density at radius 3 is 0.778 bits per heavy atom. The van der Waals surface area contributed by atoms with Gasteiger partial charge in [-0.3, -0.25) is 19.9 Å². The summed E-state index contributed by atoms with van der Waals surface area (Å²) in [7, 11) is -10.7. The summed E-state index contributed by atoms with van der Waals surface area (Å²) in [4.78, 5) is 17.4. The molecule has 0 fully saturated rings. The van der Waals surface area contributed by atoms with Gasteiger partial charge in [0.2, 0.25) is 0 Å². The minimum Gasteiger partial charge on any atom is -0.254 e. The average Bonchev–Trinajstić information content (AvgIpc) is 2.82. The Morgan fingerprint density at radius 1 is 0.389 bits per heavy atom. The molecule has 0 saturated heterocycles. The van der Waals surface area contributed by atoms with E-state index in [1.54, 1.807) is 24.8 Å². The van der Waals surface area contributed by atoms with Gasteiger partial charge in [-0.15, -0.1) is 0 Å². The van der Waals surface area contributed by atoms with Gasteiger partial charge in [0.05, 0.1) is 22.1 Å². The number of nitrogens with zero attached hydrogens (tertiary/aromatic N) is 4. The Balaban J connectivity index is 0.000000158. The molecule has 0 radical (unpaired) electrons. The number of benzene rings is 2. The normalized spacial score (nSPS) is 12.9. The smallest absolute Gasteiger partial charge is 0.254 e. The van der Waals surface area contributed by atoms with Gasteiger partial charge in [-0.2, -0.15) is 0 Å². The van der Waals surface area contributed by atoms with Crippen LogP contribution >= 0.6 is 7.81 Å². The van der Waals surface area contributed by atoms with Crippen LogP contribution in [0.5, 0.6) is 0 Å². The van der Waals surface area contributed by atoms with Gasteiger partial charge in [-0.1, -0.05) is 48.5 Å². The molecule has 0 aliphatic carbocycles. The third-order valence-electron chi connectivity index (χ3n) is 4.69. The molecule has 0 atom stereocenters. The summed E-state index contributed by atoms with van der Waals surface area (Å²) < 4.78 is 59.2. The van der Waals surface area contributed by atoms with Crippen molar-refractivity contribution in [2.75, 3.05) is 0 Å². The van der Waals surface area contributed by atoms with Crippen LogP contribution in [0.4, 0.5) is 25.2 Å². The van der Waals surface area contributed by atoms with Crippen molar-refractivity contribution in [2.24, 2.45) is 0 Å². The summed E-state index contributed by atoms with van der Waals surface area (Å²) in [6, 6.07) is 24.3. The molecule has 36 heavy (non-hydrogen) atoms. The molecule has 12 heteroatoms. The van der Waals surface area contributed by atoms with Gasteiger partial charge in [0.1, 0.15) is 0 Å². The van der Waals surface area contributed by atoms with E-state index in [4.69, 9.17) is 0 Å². The third kappa shape index (κ3) is 7.81. The van der Waals surface area contributed by atoms with Crippen LogP contribution in [-0.4, -0.2) is 19.9 Å². The minimum absolute atomic E-state index is 0. The van der Waals surface area contributed by atoms with Crippen molar-refractivity contribution in [1.82, 2.24) is 19.9 Å². The predicted molar refractivity (Wildman–Crippen MR) is 128 cm³/mol. The third-order valence-corrected chi connectivity index (χ3v) is 4.69. The summed E-state index contributed by atoms with van der Waals surface area (Å²) in [5, 5.41) is 4.55. The topological polar surface area (TPSA) is 51.6 Å². The molecule has 0 amide bonds. The molecule has 0 aliphatic rings. The van der Waals surface area contributed by atoms with Crippen LogP contribution in [0.2, 0.25) is 0 Å². The fraction of sp³-hybridized carbons (Fsp3) is 0. The largest absolute Gasteiger partial charge is 1.00 e. The van der Waals surface area contributed by atoms with Crippen LogP contribution in [0.1, 0.15) is 0 Å². The van der Waals surface area contributed by atoms with Crippen molar-refractivity contribution in [3.63, 3.8) is 0 Å². The average molecular weight is 569 g/mol. The van der Waals surface area contributed by atoms with Crippen molar-refractivity contribution in [3.05, 3.63) is 97.6 Å². The van der Waals surface area contributed by atoms with E-state index in [0.29, 0.717) is 0 Å². The molecule has 6 aromatic rings. The van der Waals surface area contributed by atoms with E-state index >= 15 is 0 Å². The summed E-state index contributed by atoms with van der Waals surface area (Å²) >= 11 is 0. The van der Waals surface area contributed by atoms with E-state index in [9.17, 15) is 25.2 Å². The summed E-state index contributed by atoms with van der Waals surface area (Å²) in [6.07, 6.45) is 7.21. The molecular weight excluding hydrogens is 553 g/mol. The molecule has 4 nitrogen and oxygen atoms in total. The molecule has 4 aromatic heterocycles. The summed E-state index contributed by atoms with van der Waals surface area (Å²) in [6.45, 7) is 0. The predicted octanol–water partition coefficient (Wildman–Crippen LogP) is 8.95. The molecular formula is C24H16CuF6N4P. The number of fused-ring (bicyclic) bond motifs is 6. The maximum absolute atomic E-state index is 10.7. The molecule has 6 rings (SSSR count). The molecule has 0 aliphatic heterocycles. The molecule has 190 valence electrons. The Kier molecular flexibility index (Phi) is 7.24. The fourth-order valence-electron chi connectivity index (χ4n) is 3.36. The van der Waals surface area contributed by atoms with Crippen molar-refractivity contribution in [1.29, 1.82) is 0 Å². The molecule has 4 heterocycles. The van der Waals surface area contributed by atoms with E-state index in [-0.39, 0.29) is 17.1 Å². The standard InChI is InChI=1S/2C12H8N2.Cu.F6P/c2*1-3-9-5-6-10-4-2-8-14-12(10)11(9)13-7-1;;1-7(2,3,4,5)6/h2*1-8H;;/q;;+1;-1. The Morgan fingerprint density at radius 2 is 0.583 bits per heavy atom. The molecule has 0 saturated carbocycles. The van der Waals surface area contributed by atoms with Crippen molar-refractivity contribution >= 4 is 51.4 Å². The van der Waals surface area contributed by atoms with Crippen molar-refractivity contribution < 1.29 is 42.3 Å². The van der Waals surface area contributed by atoms with Gasteiger partial charge < -0.3 is 0 Å². The zero-order chi connectivity index (χ0) is 25.2. The maximum Gasteiger partial charge on any atom is 1.00 e. The maximum atomic E-state index is 9.87. The second-order valence-corrected chi connectivity index (χ2v) is 9.31. The van der Waals surface area contributed by atoms with Crippen LogP contribution < -0.4 is 0 Å². The molecule has 0 unspecified atom stereocenters. The molecule has 0 N–H and O–H groups in total. The van der Waals surface area contributed by atoms with E-state index in [0.717, 1.165) is 43.6 Å². The second kappa shape index (κ2) is 9.58. The van der Waals surface area contributed by atoms with E-state index in [1.165, 1.54) is 0 Å². The Bertz CT molecular complexity index is 1430. The van der Waals surface area contributed by atoms with Gasteiger partial charge in [0, 0.05) is 46.3 Å². The Labute approximate surface area is 211 Å². The number of hydrogen-bond donors (Lipinski definition) is 0. The summed E-state index contributed by atoms with van der Waals surface area (Å²) in [5.41, 5.74) is 3.91. The number of aromatic nitrogens is 4. The second-order valence-electron chi connectivity index (χ2n) is 7.39. The van der Waals surface area contributed by atoms with E-state index in [1.807, 2.05) is 24.3 Å². The molecule has 0 spiro atoms. The number of pyridine rings is 4. The number of halogens is 6. The number of hydrogen-bond acceptors (Lipinski definition) is 4.